The maximum Gasteiger partial charge on any atom is 0.293 e. The van der Waals surface area contributed by atoms with Crippen molar-refractivity contribution in [3.8, 4) is 0 Å². The van der Waals surface area contributed by atoms with Gasteiger partial charge in [-0.3, -0.25) is 10.2 Å². The zero-order valence-corrected chi connectivity index (χ0v) is 8.29. The summed E-state index contributed by atoms with van der Waals surface area (Å²) in [5, 5.41) is 0.529. The molecule has 0 aromatic heterocycles. The number of carbonyl (C=O) groups excluding carboxylic acids is 1. The molecule has 0 saturated carbocycles. The predicted octanol–water partition coefficient (Wildman–Crippen LogP) is 1.75. The van der Waals surface area contributed by atoms with E-state index >= 15 is 0 Å². The molecule has 74 valence electrons. The first-order valence-corrected chi connectivity index (χ1v) is 4.52. The molecule has 1 aliphatic rings. The number of nitrogens with one attached hydrogen (secondary N) is 2. The van der Waals surface area contributed by atoms with E-state index in [1.54, 1.807) is 0 Å². The quantitative estimate of drug-likeness (QED) is 0.728. The first kappa shape index (κ1) is 9.71. The SMILES string of the molecule is O=C1NNC1(F)c1ccc(Cl)c(Cl)c1. The van der Waals surface area contributed by atoms with Gasteiger partial charge in [0.2, 0.25) is 0 Å². The molecular formula is C8H5Cl2FN2O. The Balaban J connectivity index is 2.42. The van der Waals surface area contributed by atoms with Gasteiger partial charge >= 0.3 is 0 Å². The third kappa shape index (κ3) is 1.27. The van der Waals surface area contributed by atoms with Crippen LogP contribution in [0.4, 0.5) is 4.39 Å². The third-order valence-corrected chi connectivity index (χ3v) is 2.72. The highest BCUT2D eigenvalue weighted by Crippen LogP contribution is 2.32. The van der Waals surface area contributed by atoms with Crippen molar-refractivity contribution in [2.24, 2.45) is 0 Å². The number of hydrogen-bond acceptors (Lipinski definition) is 2. The summed E-state index contributed by atoms with van der Waals surface area (Å²) in [5.74, 6) is -2.93. The lowest BCUT2D eigenvalue weighted by Crippen LogP contribution is -2.69. The van der Waals surface area contributed by atoms with Gasteiger partial charge in [0.1, 0.15) is 0 Å². The molecule has 1 atom stereocenters. The summed E-state index contributed by atoms with van der Waals surface area (Å²) < 4.78 is 13.7. The number of hydrogen-bond donors (Lipinski definition) is 2. The number of carbonyl (C=O) groups is 1. The van der Waals surface area contributed by atoms with Crippen LogP contribution in [-0.4, -0.2) is 5.91 Å². The average Bonchev–Trinajstić information content (AvgIpc) is 2.18. The van der Waals surface area contributed by atoms with Gasteiger partial charge in [-0.1, -0.05) is 29.3 Å². The summed E-state index contributed by atoms with van der Waals surface area (Å²) in [4.78, 5) is 10.9. The van der Waals surface area contributed by atoms with Gasteiger partial charge in [-0.2, -0.15) is 5.43 Å². The number of halogens is 3. The number of amides is 1. The van der Waals surface area contributed by atoms with Crippen LogP contribution in [0.2, 0.25) is 10.0 Å². The number of hydrazine groups is 1. The number of alkyl halides is 1. The van der Waals surface area contributed by atoms with Crippen LogP contribution in [-0.2, 0) is 10.6 Å². The van der Waals surface area contributed by atoms with Crippen molar-refractivity contribution in [2.75, 3.05) is 0 Å². The Hall–Kier alpha value is -0.840. The first-order chi connectivity index (χ1) is 6.54. The fourth-order valence-corrected chi connectivity index (χ4v) is 1.44. The van der Waals surface area contributed by atoms with Crippen molar-refractivity contribution in [3.05, 3.63) is 33.8 Å². The summed E-state index contributed by atoms with van der Waals surface area (Å²) in [7, 11) is 0. The van der Waals surface area contributed by atoms with Crippen LogP contribution in [0.5, 0.6) is 0 Å². The molecule has 0 radical (unpaired) electrons. The molecule has 1 aromatic rings. The van der Waals surface area contributed by atoms with E-state index in [1.165, 1.54) is 18.2 Å². The molecule has 1 heterocycles. The van der Waals surface area contributed by atoms with Crippen molar-refractivity contribution in [1.82, 2.24) is 10.9 Å². The van der Waals surface area contributed by atoms with E-state index in [9.17, 15) is 9.18 Å². The van der Waals surface area contributed by atoms with Gasteiger partial charge in [-0.25, -0.2) is 4.39 Å². The molecule has 1 aliphatic heterocycles. The van der Waals surface area contributed by atoms with Crippen molar-refractivity contribution in [3.63, 3.8) is 0 Å². The molecule has 0 bridgehead atoms. The van der Waals surface area contributed by atoms with Gasteiger partial charge < -0.3 is 0 Å². The second kappa shape index (κ2) is 3.08. The molecule has 1 aromatic carbocycles. The molecule has 1 fully saturated rings. The fraction of sp³-hybridized carbons (Fsp3) is 0.125. The molecule has 1 saturated heterocycles. The smallest absolute Gasteiger partial charge is 0.284 e. The summed E-state index contributed by atoms with van der Waals surface area (Å²) >= 11 is 11.3. The van der Waals surface area contributed by atoms with E-state index in [-0.39, 0.29) is 10.6 Å². The maximum atomic E-state index is 13.7. The molecule has 0 spiro atoms. The van der Waals surface area contributed by atoms with Crippen LogP contribution in [0.1, 0.15) is 5.56 Å². The maximum absolute atomic E-state index is 13.7. The summed E-state index contributed by atoms with van der Waals surface area (Å²) in [6.07, 6.45) is 0. The Morgan fingerprint density at radius 1 is 1.29 bits per heavy atom. The molecule has 3 nitrogen and oxygen atoms in total. The summed E-state index contributed by atoms with van der Waals surface area (Å²) in [6.45, 7) is 0. The minimum Gasteiger partial charge on any atom is -0.284 e. The molecule has 2 rings (SSSR count). The normalized spacial score (nSPS) is 25.5. The highest BCUT2D eigenvalue weighted by molar-refractivity contribution is 6.42. The topological polar surface area (TPSA) is 41.1 Å². The molecule has 14 heavy (non-hydrogen) atoms. The number of rotatable bonds is 1. The highest BCUT2D eigenvalue weighted by atomic mass is 35.5. The number of benzene rings is 1. The van der Waals surface area contributed by atoms with E-state index < -0.39 is 11.7 Å². The second-order valence-corrected chi connectivity index (χ2v) is 3.68. The Kier molecular flexibility index (Phi) is 2.14. The van der Waals surface area contributed by atoms with E-state index in [1.807, 2.05) is 0 Å². The highest BCUT2D eigenvalue weighted by Gasteiger charge is 2.48. The molecule has 0 aliphatic carbocycles. The zero-order valence-electron chi connectivity index (χ0n) is 6.77. The Morgan fingerprint density at radius 3 is 2.43 bits per heavy atom. The molecule has 2 N–H and O–H groups in total. The lowest BCUT2D eigenvalue weighted by Gasteiger charge is -2.34. The van der Waals surface area contributed by atoms with Gasteiger partial charge in [0.15, 0.2) is 0 Å². The standard InChI is InChI=1S/C8H5Cl2FN2O/c9-5-2-1-4(3-6(5)10)8(11)7(14)12-13-8/h1-3,13H,(H,12,14). The Morgan fingerprint density at radius 2 is 2.00 bits per heavy atom. The minimum absolute atomic E-state index is 0.135. The molecular weight excluding hydrogens is 230 g/mol. The van der Waals surface area contributed by atoms with Gasteiger partial charge in [-0.15, -0.1) is 0 Å². The van der Waals surface area contributed by atoms with E-state index in [2.05, 4.69) is 10.9 Å². The van der Waals surface area contributed by atoms with Crippen LogP contribution >= 0.6 is 23.2 Å². The van der Waals surface area contributed by atoms with E-state index in [4.69, 9.17) is 23.2 Å². The van der Waals surface area contributed by atoms with Crippen LogP contribution in [0, 0.1) is 0 Å². The minimum atomic E-state index is -2.19. The summed E-state index contributed by atoms with van der Waals surface area (Å²) in [5.41, 5.74) is 4.39. The molecule has 1 amide bonds. The summed E-state index contributed by atoms with van der Waals surface area (Å²) in [6, 6.07) is 4.16. The van der Waals surface area contributed by atoms with Gasteiger partial charge in [0.05, 0.1) is 10.0 Å². The molecule has 6 heteroatoms. The second-order valence-electron chi connectivity index (χ2n) is 2.87. The van der Waals surface area contributed by atoms with E-state index in [0.29, 0.717) is 5.02 Å². The third-order valence-electron chi connectivity index (χ3n) is 1.98. The van der Waals surface area contributed by atoms with Crippen molar-refractivity contribution in [2.45, 2.75) is 5.79 Å². The zero-order chi connectivity index (χ0) is 10.3. The van der Waals surface area contributed by atoms with Crippen molar-refractivity contribution in [1.29, 1.82) is 0 Å². The fourth-order valence-electron chi connectivity index (χ4n) is 1.14. The van der Waals surface area contributed by atoms with Crippen molar-refractivity contribution >= 4 is 29.1 Å². The Labute approximate surface area is 89.2 Å². The van der Waals surface area contributed by atoms with Gasteiger partial charge in [-0.05, 0) is 12.1 Å². The monoisotopic (exact) mass is 234 g/mol. The lowest BCUT2D eigenvalue weighted by atomic mass is 10.0. The van der Waals surface area contributed by atoms with Crippen LogP contribution in [0.15, 0.2) is 18.2 Å². The predicted molar refractivity (Wildman–Crippen MR) is 50.5 cm³/mol. The largest absolute Gasteiger partial charge is 0.293 e. The van der Waals surface area contributed by atoms with Crippen molar-refractivity contribution < 1.29 is 9.18 Å². The van der Waals surface area contributed by atoms with E-state index in [0.717, 1.165) is 0 Å². The Bertz CT molecular complexity index is 412. The lowest BCUT2D eigenvalue weighted by molar-refractivity contribution is -0.153. The molecule has 1 unspecified atom stereocenters. The van der Waals surface area contributed by atoms with Gasteiger partial charge in [0.25, 0.3) is 11.7 Å². The van der Waals surface area contributed by atoms with Crippen LogP contribution in [0.3, 0.4) is 0 Å². The van der Waals surface area contributed by atoms with Gasteiger partial charge in [0, 0.05) is 5.56 Å². The average molecular weight is 235 g/mol. The first-order valence-electron chi connectivity index (χ1n) is 3.76. The van der Waals surface area contributed by atoms with Crippen LogP contribution < -0.4 is 10.9 Å². The van der Waals surface area contributed by atoms with Crippen LogP contribution in [0.25, 0.3) is 0 Å².